The maximum atomic E-state index is 12.5. The first-order valence-electron chi connectivity index (χ1n) is 8.07. The molecule has 1 amide bonds. The van der Waals surface area contributed by atoms with Gasteiger partial charge in [0.05, 0.1) is 5.92 Å². The average molecular weight is 287 g/mol. The van der Waals surface area contributed by atoms with E-state index in [-0.39, 0.29) is 11.8 Å². The Hall–Kier alpha value is -1.39. The highest BCUT2D eigenvalue weighted by atomic mass is 16.2. The summed E-state index contributed by atoms with van der Waals surface area (Å²) in [5.74, 6) is -0.145. The van der Waals surface area contributed by atoms with E-state index in [0.29, 0.717) is 18.6 Å². The molecule has 3 unspecified atom stereocenters. The van der Waals surface area contributed by atoms with Gasteiger partial charge in [0.15, 0.2) is 0 Å². The molecule has 2 aliphatic rings. The van der Waals surface area contributed by atoms with Gasteiger partial charge in [-0.25, -0.2) is 0 Å². The van der Waals surface area contributed by atoms with Crippen LogP contribution < -0.4 is 11.1 Å². The number of benzene rings is 1. The van der Waals surface area contributed by atoms with Crippen molar-refractivity contribution in [1.82, 2.24) is 10.2 Å². The van der Waals surface area contributed by atoms with Crippen LogP contribution in [0.25, 0.3) is 0 Å². The average Bonchev–Trinajstić information content (AvgIpc) is 2.96. The Balaban J connectivity index is 1.60. The van der Waals surface area contributed by atoms with E-state index >= 15 is 0 Å². The number of carbonyl (C=O) groups excluding carboxylic acids is 1. The van der Waals surface area contributed by atoms with Crippen LogP contribution in [0, 0.1) is 0 Å². The molecule has 0 bridgehead atoms. The number of rotatable bonds is 4. The van der Waals surface area contributed by atoms with Gasteiger partial charge in [-0.15, -0.1) is 0 Å². The molecule has 3 N–H and O–H groups in total. The molecular weight excluding hydrogens is 262 g/mol. The number of fused-ring (bicyclic) bond motifs is 1. The maximum Gasteiger partial charge on any atom is 0.229 e. The summed E-state index contributed by atoms with van der Waals surface area (Å²) in [6.45, 7) is 2.72. The molecule has 21 heavy (non-hydrogen) atoms. The van der Waals surface area contributed by atoms with Crippen LogP contribution >= 0.6 is 0 Å². The van der Waals surface area contributed by atoms with Crippen molar-refractivity contribution in [2.45, 2.75) is 43.7 Å². The standard InChI is InChI=1S/C17H25N3O/c18-12-16(13-5-2-1-3-6-13)17(21)19-14-8-10-20-9-4-7-15(20)11-14/h1-3,5-6,14-16H,4,7-12,18H2,(H,19,21). The molecule has 4 heteroatoms. The summed E-state index contributed by atoms with van der Waals surface area (Å²) in [6, 6.07) is 10.8. The van der Waals surface area contributed by atoms with E-state index in [0.717, 1.165) is 24.9 Å². The van der Waals surface area contributed by atoms with Crippen molar-refractivity contribution in [2.75, 3.05) is 19.6 Å². The molecule has 1 aromatic carbocycles. The Morgan fingerprint density at radius 1 is 1.29 bits per heavy atom. The van der Waals surface area contributed by atoms with Crippen molar-refractivity contribution < 1.29 is 4.79 Å². The topological polar surface area (TPSA) is 58.4 Å². The summed E-state index contributed by atoms with van der Waals surface area (Å²) in [5, 5.41) is 3.24. The molecule has 0 saturated carbocycles. The van der Waals surface area contributed by atoms with E-state index in [9.17, 15) is 4.79 Å². The van der Waals surface area contributed by atoms with Gasteiger partial charge in [0.1, 0.15) is 0 Å². The normalized spacial score (nSPS) is 27.1. The van der Waals surface area contributed by atoms with Crippen molar-refractivity contribution in [3.63, 3.8) is 0 Å². The fraction of sp³-hybridized carbons (Fsp3) is 0.588. The molecule has 1 aromatic rings. The Kier molecular flexibility index (Phi) is 4.56. The second kappa shape index (κ2) is 6.58. The van der Waals surface area contributed by atoms with Gasteiger partial charge in [0, 0.05) is 25.2 Å². The monoisotopic (exact) mass is 287 g/mol. The number of nitrogens with two attached hydrogens (primary N) is 1. The Morgan fingerprint density at radius 2 is 2.10 bits per heavy atom. The predicted octanol–water partition coefficient (Wildman–Crippen LogP) is 1.47. The number of nitrogens with zero attached hydrogens (tertiary/aromatic N) is 1. The third-order valence-electron chi connectivity index (χ3n) is 4.92. The van der Waals surface area contributed by atoms with Crippen LogP contribution in [0.2, 0.25) is 0 Å². The molecule has 2 fully saturated rings. The van der Waals surface area contributed by atoms with E-state index in [1.54, 1.807) is 0 Å². The van der Waals surface area contributed by atoms with Crippen LogP contribution in [-0.2, 0) is 4.79 Å². The predicted molar refractivity (Wildman–Crippen MR) is 84.0 cm³/mol. The van der Waals surface area contributed by atoms with Gasteiger partial charge in [0.2, 0.25) is 5.91 Å². The zero-order valence-corrected chi connectivity index (χ0v) is 12.5. The highest BCUT2D eigenvalue weighted by molar-refractivity contribution is 5.84. The Labute approximate surface area is 126 Å². The quantitative estimate of drug-likeness (QED) is 0.882. The number of amides is 1. The molecule has 4 nitrogen and oxygen atoms in total. The lowest BCUT2D eigenvalue weighted by Gasteiger charge is -2.35. The van der Waals surface area contributed by atoms with E-state index in [1.165, 1.54) is 19.4 Å². The number of piperidine rings is 1. The minimum absolute atomic E-state index is 0.0835. The van der Waals surface area contributed by atoms with Gasteiger partial charge in [-0.3, -0.25) is 4.79 Å². The largest absolute Gasteiger partial charge is 0.353 e. The number of hydrogen-bond acceptors (Lipinski definition) is 3. The molecule has 2 aliphatic heterocycles. The minimum Gasteiger partial charge on any atom is -0.353 e. The van der Waals surface area contributed by atoms with E-state index in [2.05, 4.69) is 10.2 Å². The molecule has 2 saturated heterocycles. The zero-order valence-electron chi connectivity index (χ0n) is 12.5. The van der Waals surface area contributed by atoms with Crippen LogP contribution in [0.15, 0.2) is 30.3 Å². The third-order valence-corrected chi connectivity index (χ3v) is 4.92. The van der Waals surface area contributed by atoms with Crippen molar-refractivity contribution >= 4 is 5.91 Å². The van der Waals surface area contributed by atoms with Gasteiger partial charge >= 0.3 is 0 Å². The summed E-state index contributed by atoms with van der Waals surface area (Å²) in [6.07, 6.45) is 4.75. The number of hydrogen-bond donors (Lipinski definition) is 2. The summed E-state index contributed by atoms with van der Waals surface area (Å²) in [7, 11) is 0. The summed E-state index contributed by atoms with van der Waals surface area (Å²) in [5.41, 5.74) is 6.84. The van der Waals surface area contributed by atoms with Crippen molar-refractivity contribution in [3.05, 3.63) is 35.9 Å². The van der Waals surface area contributed by atoms with Crippen LogP contribution in [0.4, 0.5) is 0 Å². The SMILES string of the molecule is NCC(C(=O)NC1CCN2CCCC2C1)c1ccccc1. The van der Waals surface area contributed by atoms with Gasteiger partial charge < -0.3 is 16.0 Å². The molecule has 114 valence electrons. The minimum atomic E-state index is -0.229. The van der Waals surface area contributed by atoms with Gasteiger partial charge in [-0.05, 0) is 37.8 Å². The van der Waals surface area contributed by atoms with Gasteiger partial charge in [0.25, 0.3) is 0 Å². The molecule has 0 spiro atoms. The first-order valence-corrected chi connectivity index (χ1v) is 8.07. The smallest absolute Gasteiger partial charge is 0.229 e. The Bertz CT molecular complexity index is 476. The maximum absolute atomic E-state index is 12.5. The molecule has 3 atom stereocenters. The van der Waals surface area contributed by atoms with E-state index in [1.807, 2.05) is 30.3 Å². The highest BCUT2D eigenvalue weighted by Gasteiger charge is 2.33. The van der Waals surface area contributed by atoms with Crippen LogP contribution in [0.3, 0.4) is 0 Å². The fourth-order valence-corrected chi connectivity index (χ4v) is 3.74. The van der Waals surface area contributed by atoms with Crippen LogP contribution in [0.1, 0.15) is 37.2 Å². The molecule has 0 aromatic heterocycles. The third kappa shape index (κ3) is 3.27. The molecule has 0 radical (unpaired) electrons. The lowest BCUT2D eigenvalue weighted by molar-refractivity contribution is -0.123. The molecular formula is C17H25N3O. The molecule has 2 heterocycles. The fourth-order valence-electron chi connectivity index (χ4n) is 3.74. The lowest BCUT2D eigenvalue weighted by atomic mass is 9.94. The van der Waals surface area contributed by atoms with E-state index in [4.69, 9.17) is 5.73 Å². The van der Waals surface area contributed by atoms with Crippen molar-refractivity contribution in [2.24, 2.45) is 5.73 Å². The lowest BCUT2D eigenvalue weighted by Crippen LogP contribution is -2.49. The zero-order chi connectivity index (χ0) is 14.7. The second-order valence-corrected chi connectivity index (χ2v) is 6.26. The number of carbonyl (C=O) groups is 1. The first-order chi connectivity index (χ1) is 10.3. The molecule has 3 rings (SSSR count). The first kappa shape index (κ1) is 14.5. The van der Waals surface area contributed by atoms with Gasteiger partial charge in [-0.1, -0.05) is 30.3 Å². The summed E-state index contributed by atoms with van der Waals surface area (Å²) < 4.78 is 0. The van der Waals surface area contributed by atoms with Crippen LogP contribution in [0.5, 0.6) is 0 Å². The second-order valence-electron chi connectivity index (χ2n) is 6.26. The van der Waals surface area contributed by atoms with Crippen molar-refractivity contribution in [3.8, 4) is 0 Å². The van der Waals surface area contributed by atoms with Gasteiger partial charge in [-0.2, -0.15) is 0 Å². The van der Waals surface area contributed by atoms with Crippen molar-refractivity contribution in [1.29, 1.82) is 0 Å². The van der Waals surface area contributed by atoms with Crippen LogP contribution in [-0.4, -0.2) is 42.5 Å². The van der Waals surface area contributed by atoms with E-state index < -0.39 is 0 Å². The summed E-state index contributed by atoms with van der Waals surface area (Å²) in [4.78, 5) is 15.1. The molecule has 0 aliphatic carbocycles. The Morgan fingerprint density at radius 3 is 2.86 bits per heavy atom. The highest BCUT2D eigenvalue weighted by Crippen LogP contribution is 2.27. The summed E-state index contributed by atoms with van der Waals surface area (Å²) >= 11 is 0. The number of nitrogens with one attached hydrogen (secondary N) is 1.